The van der Waals surface area contributed by atoms with Crippen LogP contribution < -0.4 is 0 Å². The number of rotatable bonds is 10. The number of carbonyl (C=O) groups is 1. The molecule has 11 nitrogen and oxygen atoms in total. The number of fused-ring (bicyclic) bond motifs is 1. The number of aromatic amines is 1. The minimum atomic E-state index is -0.386. The Morgan fingerprint density at radius 1 is 1.05 bits per heavy atom. The Bertz CT molecular complexity index is 1750. The number of pyridine rings is 1. The highest BCUT2D eigenvalue weighted by Gasteiger charge is 2.24. The van der Waals surface area contributed by atoms with Crippen LogP contribution in [0.15, 0.2) is 47.3 Å². The minimum absolute atomic E-state index is 0.0229. The van der Waals surface area contributed by atoms with E-state index < -0.39 is 0 Å². The maximum absolute atomic E-state index is 15.3. The van der Waals surface area contributed by atoms with Gasteiger partial charge in [-0.05, 0) is 68.5 Å². The number of Topliss-reactive ketones (excluding diaryl/α,β-unsaturated/α-hetero) is 1. The molecule has 0 saturated carbocycles. The van der Waals surface area contributed by atoms with Crippen LogP contribution in [0.2, 0.25) is 0 Å². The van der Waals surface area contributed by atoms with Crippen molar-refractivity contribution < 1.29 is 18.3 Å². The number of aryl methyl sites for hydroxylation is 1. The number of halogens is 1. The van der Waals surface area contributed by atoms with Crippen molar-refractivity contribution in [2.24, 2.45) is 0 Å². The van der Waals surface area contributed by atoms with E-state index in [1.54, 1.807) is 12.3 Å². The number of hydrogen-bond acceptors (Lipinski definition) is 9. The number of hydrogen-bond donors (Lipinski definition) is 1. The van der Waals surface area contributed by atoms with E-state index in [-0.39, 0.29) is 36.3 Å². The van der Waals surface area contributed by atoms with Gasteiger partial charge in [-0.15, -0.1) is 10.2 Å². The summed E-state index contributed by atoms with van der Waals surface area (Å²) in [7, 11) is 0. The van der Waals surface area contributed by atoms with Crippen molar-refractivity contribution in [3.63, 3.8) is 0 Å². The lowest BCUT2D eigenvalue weighted by atomic mass is 10.0. The maximum Gasteiger partial charge on any atom is 0.284 e. The van der Waals surface area contributed by atoms with E-state index >= 15 is 4.39 Å². The molecular weight excluding hydrogens is 563 g/mol. The molecule has 2 fully saturated rings. The molecule has 2 saturated heterocycles. The molecule has 0 unspecified atom stereocenters. The zero-order valence-corrected chi connectivity index (χ0v) is 24.5. The molecule has 228 valence electrons. The number of piperidine rings is 1. The second-order valence-corrected chi connectivity index (χ2v) is 11.6. The predicted molar refractivity (Wildman–Crippen MR) is 161 cm³/mol. The summed E-state index contributed by atoms with van der Waals surface area (Å²) in [4.78, 5) is 27.7. The molecule has 2 aliphatic heterocycles. The number of ketones is 1. The summed E-state index contributed by atoms with van der Waals surface area (Å²) in [5.74, 6) is 0.546. The summed E-state index contributed by atoms with van der Waals surface area (Å²) in [6, 6.07) is 6.90. The number of ether oxygens (including phenoxy) is 1. The monoisotopic (exact) mass is 598 g/mol. The third kappa shape index (κ3) is 6.18. The molecule has 0 amide bonds. The molecule has 0 radical (unpaired) electrons. The number of nitrogens with zero attached hydrogens (tertiary/aromatic N) is 7. The smallest absolute Gasteiger partial charge is 0.284 e. The number of benzene rings is 1. The van der Waals surface area contributed by atoms with Gasteiger partial charge in [-0.1, -0.05) is 18.6 Å². The lowest BCUT2D eigenvalue weighted by Gasteiger charge is -2.26. The van der Waals surface area contributed by atoms with E-state index in [4.69, 9.17) is 14.1 Å². The summed E-state index contributed by atoms with van der Waals surface area (Å²) in [6.45, 7) is 5.41. The first kappa shape index (κ1) is 28.5. The summed E-state index contributed by atoms with van der Waals surface area (Å²) in [6.07, 6.45) is 11.2. The molecule has 1 aromatic carbocycles. The molecule has 12 heteroatoms. The van der Waals surface area contributed by atoms with E-state index in [1.807, 2.05) is 29.2 Å². The first-order chi connectivity index (χ1) is 21.6. The predicted octanol–water partition coefficient (Wildman–Crippen LogP) is 5.21. The molecule has 0 bridgehead atoms. The Hall–Kier alpha value is -4.29. The maximum atomic E-state index is 15.3. The lowest BCUT2D eigenvalue weighted by molar-refractivity contribution is 0.0785. The van der Waals surface area contributed by atoms with Crippen LogP contribution in [-0.2, 0) is 17.7 Å². The molecule has 5 aromatic rings. The van der Waals surface area contributed by atoms with Gasteiger partial charge in [-0.2, -0.15) is 5.10 Å². The summed E-state index contributed by atoms with van der Waals surface area (Å²) >= 11 is 0. The van der Waals surface area contributed by atoms with E-state index in [2.05, 4.69) is 30.2 Å². The molecule has 44 heavy (non-hydrogen) atoms. The number of carbonyl (C=O) groups excluding carboxylic acids is 1. The zero-order valence-electron chi connectivity index (χ0n) is 24.5. The van der Waals surface area contributed by atoms with Crippen LogP contribution in [0.4, 0.5) is 4.39 Å². The molecule has 0 aliphatic carbocycles. The first-order valence-electron chi connectivity index (χ1n) is 15.4. The SMILES string of the molecule is O=C(CCc1ccc(-c2ccnc3nc(-c4cnn(CCN5CCCCC5)c4)[nH]c23)cc1F)c1nnc(C2CCOCC2)o1. The van der Waals surface area contributed by atoms with Crippen molar-refractivity contribution in [3.8, 4) is 22.5 Å². The van der Waals surface area contributed by atoms with Gasteiger partial charge in [0.15, 0.2) is 5.65 Å². The Morgan fingerprint density at radius 2 is 1.91 bits per heavy atom. The van der Waals surface area contributed by atoms with Crippen molar-refractivity contribution in [1.29, 1.82) is 0 Å². The van der Waals surface area contributed by atoms with E-state index in [9.17, 15) is 4.79 Å². The van der Waals surface area contributed by atoms with Crippen molar-refractivity contribution >= 4 is 16.9 Å². The highest BCUT2D eigenvalue weighted by Crippen LogP contribution is 2.30. The Kier molecular flexibility index (Phi) is 8.25. The summed E-state index contributed by atoms with van der Waals surface area (Å²) < 4.78 is 28.3. The standard InChI is InChI=1S/C32H35FN8O3/c33-26-18-23(5-4-21(26)6-7-27(42)32-39-38-31(44-32)22-9-16-43-17-10-22)25-8-11-34-30-28(25)36-29(37-30)24-19-35-41(20-24)15-14-40-12-2-1-3-13-40/h4-5,8,11,18-20,22H,1-3,6-7,9-10,12-17H2,(H,34,36,37). The normalized spacial score (nSPS) is 16.6. The quantitative estimate of drug-likeness (QED) is 0.216. The van der Waals surface area contributed by atoms with Gasteiger partial charge in [-0.25, -0.2) is 14.4 Å². The molecular formula is C32H35FN8O3. The van der Waals surface area contributed by atoms with E-state index in [0.717, 1.165) is 55.7 Å². The lowest BCUT2D eigenvalue weighted by Crippen LogP contribution is -2.32. The molecule has 0 spiro atoms. The van der Waals surface area contributed by atoms with Crippen LogP contribution in [0.1, 0.15) is 66.6 Å². The van der Waals surface area contributed by atoms with Crippen molar-refractivity contribution in [2.75, 3.05) is 32.8 Å². The molecule has 2 aliphatic rings. The number of likely N-dealkylation sites (tertiary alicyclic amines) is 1. The Balaban J connectivity index is 1.02. The zero-order chi connectivity index (χ0) is 29.9. The van der Waals surface area contributed by atoms with Gasteiger partial charge in [-0.3, -0.25) is 9.48 Å². The Labute approximate surface area is 253 Å². The number of nitrogens with one attached hydrogen (secondary N) is 1. The minimum Gasteiger partial charge on any atom is -0.418 e. The van der Waals surface area contributed by atoms with Gasteiger partial charge in [0.1, 0.15) is 11.6 Å². The Morgan fingerprint density at radius 3 is 2.75 bits per heavy atom. The van der Waals surface area contributed by atoms with Crippen LogP contribution in [0, 0.1) is 5.82 Å². The van der Waals surface area contributed by atoms with E-state index in [1.165, 1.54) is 25.3 Å². The molecule has 6 heterocycles. The van der Waals surface area contributed by atoms with Gasteiger partial charge in [0.2, 0.25) is 11.7 Å². The average Bonchev–Trinajstić information content (AvgIpc) is 3.84. The first-order valence-corrected chi connectivity index (χ1v) is 15.4. The fourth-order valence-corrected chi connectivity index (χ4v) is 6.05. The van der Waals surface area contributed by atoms with Crippen LogP contribution in [0.25, 0.3) is 33.7 Å². The van der Waals surface area contributed by atoms with Crippen LogP contribution in [0.3, 0.4) is 0 Å². The number of aromatic nitrogens is 7. The molecule has 0 atom stereocenters. The summed E-state index contributed by atoms with van der Waals surface area (Å²) in [5.41, 5.74) is 4.07. The highest BCUT2D eigenvalue weighted by molar-refractivity contribution is 5.92. The van der Waals surface area contributed by atoms with Gasteiger partial charge in [0.05, 0.1) is 23.8 Å². The van der Waals surface area contributed by atoms with Crippen LogP contribution in [-0.4, -0.2) is 78.5 Å². The van der Waals surface area contributed by atoms with Gasteiger partial charge < -0.3 is 19.0 Å². The van der Waals surface area contributed by atoms with Gasteiger partial charge in [0.25, 0.3) is 5.89 Å². The number of H-pyrrole nitrogens is 1. The molecule has 4 aromatic heterocycles. The number of imidazole rings is 1. The highest BCUT2D eigenvalue weighted by atomic mass is 19.1. The van der Waals surface area contributed by atoms with Gasteiger partial charge in [0, 0.05) is 50.1 Å². The summed E-state index contributed by atoms with van der Waals surface area (Å²) in [5, 5.41) is 12.5. The van der Waals surface area contributed by atoms with Crippen molar-refractivity contribution in [3.05, 3.63) is 66.0 Å². The topological polar surface area (TPSA) is 128 Å². The fraction of sp³-hybridized carbons (Fsp3) is 0.438. The largest absolute Gasteiger partial charge is 0.418 e. The second kappa shape index (κ2) is 12.7. The van der Waals surface area contributed by atoms with Gasteiger partial charge >= 0.3 is 0 Å². The van der Waals surface area contributed by atoms with Crippen LogP contribution in [0.5, 0.6) is 0 Å². The second-order valence-electron chi connectivity index (χ2n) is 11.6. The van der Waals surface area contributed by atoms with Crippen LogP contribution >= 0.6 is 0 Å². The third-order valence-electron chi connectivity index (χ3n) is 8.63. The molecule has 7 rings (SSSR count). The molecule has 1 N–H and O–H groups in total. The van der Waals surface area contributed by atoms with Crippen molar-refractivity contribution in [1.82, 2.24) is 39.8 Å². The van der Waals surface area contributed by atoms with E-state index in [0.29, 0.717) is 41.7 Å². The van der Waals surface area contributed by atoms with Crippen molar-refractivity contribution in [2.45, 2.75) is 57.4 Å². The fourth-order valence-electron chi connectivity index (χ4n) is 6.05. The average molecular weight is 599 g/mol. The third-order valence-corrected chi connectivity index (χ3v) is 8.63.